The molecule has 1 aromatic rings. The minimum Gasteiger partial charge on any atom is -0.496 e. The van der Waals surface area contributed by atoms with Crippen LogP contribution in [0, 0.1) is 0 Å². The van der Waals surface area contributed by atoms with E-state index in [-0.39, 0.29) is 28.6 Å². The van der Waals surface area contributed by atoms with Gasteiger partial charge >= 0.3 is 12.1 Å². The molecule has 0 spiro atoms. The summed E-state index contributed by atoms with van der Waals surface area (Å²) in [6.07, 6.45) is 0.0384. The van der Waals surface area contributed by atoms with Crippen LogP contribution in [0.2, 0.25) is 5.02 Å². The molecule has 0 aliphatic carbocycles. The fourth-order valence-electron chi connectivity index (χ4n) is 1.33. The Labute approximate surface area is 115 Å². The standard InChI is InChI=1S/C12H14ClNO5/c1-3-4-19-12(17)14-9-6-10(18-2)7(11(15)16)5-8(9)13/h5-6H,3-4H2,1-2H3,(H,14,17)(H,15,16). The maximum absolute atomic E-state index is 11.4. The Morgan fingerprint density at radius 3 is 2.63 bits per heavy atom. The Morgan fingerprint density at radius 2 is 2.11 bits per heavy atom. The van der Waals surface area contributed by atoms with Crippen LogP contribution in [0.4, 0.5) is 10.5 Å². The van der Waals surface area contributed by atoms with Crippen LogP contribution >= 0.6 is 11.6 Å². The van der Waals surface area contributed by atoms with E-state index in [1.165, 1.54) is 19.2 Å². The summed E-state index contributed by atoms with van der Waals surface area (Å²) >= 11 is 5.89. The number of aromatic carboxylic acids is 1. The lowest BCUT2D eigenvalue weighted by atomic mass is 10.2. The first-order valence-corrected chi connectivity index (χ1v) is 5.92. The van der Waals surface area contributed by atoms with Gasteiger partial charge in [0.1, 0.15) is 11.3 Å². The molecule has 0 atom stereocenters. The fourth-order valence-corrected chi connectivity index (χ4v) is 1.54. The van der Waals surface area contributed by atoms with Crippen LogP contribution in [0.3, 0.4) is 0 Å². The summed E-state index contributed by atoms with van der Waals surface area (Å²) in [4.78, 5) is 22.3. The molecule has 0 aliphatic rings. The van der Waals surface area contributed by atoms with Gasteiger partial charge in [0.15, 0.2) is 0 Å². The Balaban J connectivity index is 2.96. The zero-order chi connectivity index (χ0) is 14.4. The predicted molar refractivity (Wildman–Crippen MR) is 70.2 cm³/mol. The van der Waals surface area contributed by atoms with Gasteiger partial charge in [-0.05, 0) is 12.5 Å². The number of ether oxygens (including phenoxy) is 2. The molecule has 0 unspecified atom stereocenters. The van der Waals surface area contributed by atoms with Gasteiger partial charge in [-0.15, -0.1) is 0 Å². The third-order valence-electron chi connectivity index (χ3n) is 2.19. The molecular formula is C12H14ClNO5. The molecule has 19 heavy (non-hydrogen) atoms. The molecule has 0 radical (unpaired) electrons. The minimum absolute atomic E-state index is 0.0834. The number of hydrogen-bond donors (Lipinski definition) is 2. The monoisotopic (exact) mass is 287 g/mol. The molecule has 1 aromatic carbocycles. The zero-order valence-electron chi connectivity index (χ0n) is 10.5. The van der Waals surface area contributed by atoms with Gasteiger partial charge in [-0.25, -0.2) is 9.59 Å². The van der Waals surface area contributed by atoms with Crippen LogP contribution in [0.25, 0.3) is 0 Å². The van der Waals surface area contributed by atoms with E-state index < -0.39 is 12.1 Å². The number of methoxy groups -OCH3 is 1. The van der Waals surface area contributed by atoms with Crippen molar-refractivity contribution in [3.8, 4) is 5.75 Å². The van der Waals surface area contributed by atoms with Crippen molar-refractivity contribution in [1.29, 1.82) is 0 Å². The van der Waals surface area contributed by atoms with Crippen molar-refractivity contribution in [3.05, 3.63) is 22.7 Å². The van der Waals surface area contributed by atoms with E-state index in [4.69, 9.17) is 26.2 Å². The lowest BCUT2D eigenvalue weighted by Gasteiger charge is -2.11. The van der Waals surface area contributed by atoms with Crippen LogP contribution in [-0.2, 0) is 4.74 Å². The van der Waals surface area contributed by atoms with Gasteiger partial charge in [0, 0.05) is 6.07 Å². The van der Waals surface area contributed by atoms with Gasteiger partial charge in [-0.2, -0.15) is 0 Å². The normalized spacial score (nSPS) is 9.84. The number of carboxylic acid groups (broad SMARTS) is 1. The first-order valence-electron chi connectivity index (χ1n) is 5.54. The summed E-state index contributed by atoms with van der Waals surface area (Å²) in [6, 6.07) is 2.54. The number of halogens is 1. The topological polar surface area (TPSA) is 84.9 Å². The lowest BCUT2D eigenvalue weighted by molar-refractivity contribution is 0.0693. The quantitative estimate of drug-likeness (QED) is 0.869. The average molecular weight is 288 g/mol. The Hall–Kier alpha value is -1.95. The molecule has 0 heterocycles. The molecule has 0 aliphatic heterocycles. The molecule has 0 saturated heterocycles. The SMILES string of the molecule is CCCOC(=O)Nc1cc(OC)c(C(=O)O)cc1Cl. The van der Waals surface area contributed by atoms with E-state index in [1.54, 1.807) is 0 Å². The third-order valence-corrected chi connectivity index (χ3v) is 2.51. The second-order valence-corrected chi connectivity index (χ2v) is 4.01. The van der Waals surface area contributed by atoms with E-state index in [9.17, 15) is 9.59 Å². The van der Waals surface area contributed by atoms with Gasteiger partial charge in [0.25, 0.3) is 0 Å². The van der Waals surface area contributed by atoms with Crippen molar-refractivity contribution in [2.75, 3.05) is 19.0 Å². The van der Waals surface area contributed by atoms with Crippen molar-refractivity contribution in [2.24, 2.45) is 0 Å². The number of rotatable bonds is 5. The molecule has 1 amide bonds. The van der Waals surface area contributed by atoms with E-state index in [0.717, 1.165) is 0 Å². The maximum atomic E-state index is 11.4. The number of benzene rings is 1. The lowest BCUT2D eigenvalue weighted by Crippen LogP contribution is -2.15. The molecule has 1 rings (SSSR count). The molecule has 0 saturated carbocycles. The molecule has 0 bridgehead atoms. The summed E-state index contributed by atoms with van der Waals surface area (Å²) in [5, 5.41) is 11.5. The van der Waals surface area contributed by atoms with Gasteiger partial charge < -0.3 is 14.6 Å². The largest absolute Gasteiger partial charge is 0.496 e. The molecule has 2 N–H and O–H groups in total. The van der Waals surface area contributed by atoms with Crippen LogP contribution in [0.15, 0.2) is 12.1 Å². The first kappa shape index (κ1) is 15.1. The number of anilines is 1. The Morgan fingerprint density at radius 1 is 1.42 bits per heavy atom. The second kappa shape index (κ2) is 6.84. The van der Waals surface area contributed by atoms with Gasteiger partial charge in [-0.1, -0.05) is 18.5 Å². The first-order chi connectivity index (χ1) is 8.99. The number of carboxylic acids is 1. The number of hydrogen-bond acceptors (Lipinski definition) is 4. The highest BCUT2D eigenvalue weighted by atomic mass is 35.5. The van der Waals surface area contributed by atoms with Crippen molar-refractivity contribution >= 4 is 29.4 Å². The molecule has 0 fully saturated rings. The van der Waals surface area contributed by atoms with Crippen LogP contribution < -0.4 is 10.1 Å². The predicted octanol–water partition coefficient (Wildman–Crippen LogP) is 3.01. The van der Waals surface area contributed by atoms with Crippen molar-refractivity contribution in [3.63, 3.8) is 0 Å². The van der Waals surface area contributed by atoms with E-state index in [1.807, 2.05) is 6.92 Å². The maximum Gasteiger partial charge on any atom is 0.411 e. The summed E-state index contributed by atoms with van der Waals surface area (Å²) < 4.78 is 9.77. The fraction of sp³-hybridized carbons (Fsp3) is 0.333. The van der Waals surface area contributed by atoms with Crippen molar-refractivity contribution in [2.45, 2.75) is 13.3 Å². The molecule has 7 heteroatoms. The summed E-state index contributed by atoms with van der Waals surface area (Å²) in [6.45, 7) is 2.15. The van der Waals surface area contributed by atoms with Crippen molar-refractivity contribution < 1.29 is 24.2 Å². The zero-order valence-corrected chi connectivity index (χ0v) is 11.3. The highest BCUT2D eigenvalue weighted by Gasteiger charge is 2.16. The van der Waals surface area contributed by atoms with Gasteiger partial charge in [0.05, 0.1) is 24.4 Å². The molecule has 6 nitrogen and oxygen atoms in total. The molecule has 104 valence electrons. The minimum atomic E-state index is -1.17. The molecule has 0 aromatic heterocycles. The smallest absolute Gasteiger partial charge is 0.411 e. The third kappa shape index (κ3) is 4.03. The van der Waals surface area contributed by atoms with Gasteiger partial charge in [-0.3, -0.25) is 5.32 Å². The molecular weight excluding hydrogens is 274 g/mol. The number of carbonyl (C=O) groups is 2. The average Bonchev–Trinajstić information content (AvgIpc) is 2.38. The van der Waals surface area contributed by atoms with E-state index in [0.29, 0.717) is 6.42 Å². The van der Waals surface area contributed by atoms with Crippen LogP contribution in [0.1, 0.15) is 23.7 Å². The number of nitrogens with one attached hydrogen (secondary N) is 1. The number of carbonyl (C=O) groups excluding carboxylic acids is 1. The highest BCUT2D eigenvalue weighted by molar-refractivity contribution is 6.34. The summed E-state index contributed by atoms with van der Waals surface area (Å²) in [7, 11) is 1.33. The number of amides is 1. The summed E-state index contributed by atoms with van der Waals surface area (Å²) in [5.74, 6) is -1.07. The summed E-state index contributed by atoms with van der Waals surface area (Å²) in [5.41, 5.74) is 0.143. The Kier molecular flexibility index (Phi) is 5.44. The van der Waals surface area contributed by atoms with E-state index >= 15 is 0 Å². The Bertz CT molecular complexity index is 489. The van der Waals surface area contributed by atoms with Gasteiger partial charge in [0.2, 0.25) is 0 Å². The highest BCUT2D eigenvalue weighted by Crippen LogP contribution is 2.31. The second-order valence-electron chi connectivity index (χ2n) is 3.60. The van der Waals surface area contributed by atoms with Crippen molar-refractivity contribution in [1.82, 2.24) is 0 Å². The van der Waals surface area contributed by atoms with Crippen LogP contribution in [-0.4, -0.2) is 30.9 Å². The van der Waals surface area contributed by atoms with E-state index in [2.05, 4.69) is 5.32 Å². The van der Waals surface area contributed by atoms with Crippen LogP contribution in [0.5, 0.6) is 5.75 Å².